The summed E-state index contributed by atoms with van der Waals surface area (Å²) in [6.07, 6.45) is 2.41. The van der Waals surface area contributed by atoms with Gasteiger partial charge in [-0.1, -0.05) is 16.8 Å². The van der Waals surface area contributed by atoms with Crippen LogP contribution in [-0.4, -0.2) is 24.1 Å². The third-order valence-corrected chi connectivity index (χ3v) is 3.05. The van der Waals surface area contributed by atoms with Crippen molar-refractivity contribution in [2.75, 3.05) is 18.2 Å². The van der Waals surface area contributed by atoms with Crippen molar-refractivity contribution >= 4 is 16.6 Å². The minimum Gasteiger partial charge on any atom is -0.346 e. The zero-order valence-corrected chi connectivity index (χ0v) is 7.19. The van der Waals surface area contributed by atoms with E-state index in [4.69, 9.17) is 0 Å². The van der Waals surface area contributed by atoms with Crippen LogP contribution in [-0.2, 0) is 15.5 Å². The lowest BCUT2D eigenvalue weighted by Gasteiger charge is -2.14. The predicted molar refractivity (Wildman–Crippen MR) is 47.4 cm³/mol. The highest BCUT2D eigenvalue weighted by Gasteiger charge is 2.10. The van der Waals surface area contributed by atoms with Gasteiger partial charge in [0.2, 0.25) is 5.91 Å². The van der Waals surface area contributed by atoms with Gasteiger partial charge in [-0.15, -0.1) is 6.58 Å². The average Bonchev–Trinajstić information content (AvgIpc) is 2.04. The van der Waals surface area contributed by atoms with E-state index in [0.29, 0.717) is 13.0 Å². The second-order valence-electron chi connectivity index (χ2n) is 2.26. The van der Waals surface area contributed by atoms with E-state index in [1.807, 2.05) is 0 Å². The van der Waals surface area contributed by atoms with Crippen LogP contribution >= 0.6 is 0 Å². The summed E-state index contributed by atoms with van der Waals surface area (Å²) in [5, 5.41) is 2.79. The SMILES string of the molecule is C=CCN=S1CCC(=O)NC1. The molecular weight excluding hydrogens is 160 g/mol. The monoisotopic (exact) mass is 172 g/mol. The van der Waals surface area contributed by atoms with E-state index in [1.54, 1.807) is 6.08 Å². The van der Waals surface area contributed by atoms with Crippen molar-refractivity contribution < 1.29 is 4.79 Å². The van der Waals surface area contributed by atoms with E-state index in [9.17, 15) is 4.79 Å². The molecule has 11 heavy (non-hydrogen) atoms. The number of carbonyl (C=O) groups is 1. The Balaban J connectivity index is 2.37. The number of hydrogen-bond acceptors (Lipinski definition) is 2. The summed E-state index contributed by atoms with van der Waals surface area (Å²) in [6.45, 7) is 4.29. The molecule has 1 unspecified atom stereocenters. The van der Waals surface area contributed by atoms with E-state index in [-0.39, 0.29) is 16.6 Å². The van der Waals surface area contributed by atoms with Gasteiger partial charge in [-0.2, -0.15) is 0 Å². The highest BCUT2D eigenvalue weighted by molar-refractivity contribution is 7.87. The smallest absolute Gasteiger partial charge is 0.221 e. The summed E-state index contributed by atoms with van der Waals surface area (Å²) in [5.74, 6) is 1.80. The van der Waals surface area contributed by atoms with Gasteiger partial charge in [-0.3, -0.25) is 9.16 Å². The topological polar surface area (TPSA) is 41.5 Å². The van der Waals surface area contributed by atoms with Gasteiger partial charge in [0.1, 0.15) is 0 Å². The van der Waals surface area contributed by atoms with Crippen molar-refractivity contribution in [1.29, 1.82) is 0 Å². The Morgan fingerprint density at radius 1 is 1.82 bits per heavy atom. The molecule has 1 saturated heterocycles. The van der Waals surface area contributed by atoms with Crippen LogP contribution < -0.4 is 5.32 Å². The Bertz CT molecular complexity index is 189. The molecule has 0 aliphatic carbocycles. The standard InChI is InChI=1S/C7H12N2OS/c1-2-4-9-11-5-3-7(10)8-6-11/h2H,1,3-6H2,(H,8,10). The van der Waals surface area contributed by atoms with Crippen molar-refractivity contribution in [3.8, 4) is 0 Å². The number of nitrogens with zero attached hydrogens (tertiary/aromatic N) is 1. The van der Waals surface area contributed by atoms with E-state index in [2.05, 4.69) is 16.3 Å². The Morgan fingerprint density at radius 3 is 3.18 bits per heavy atom. The number of rotatable bonds is 2. The molecule has 3 nitrogen and oxygen atoms in total. The first kappa shape index (κ1) is 8.46. The van der Waals surface area contributed by atoms with Crippen LogP contribution in [0.15, 0.2) is 17.0 Å². The average molecular weight is 172 g/mol. The Labute approximate surface area is 69.0 Å². The first-order valence-corrected chi connectivity index (χ1v) is 5.07. The lowest BCUT2D eigenvalue weighted by molar-refractivity contribution is -0.120. The van der Waals surface area contributed by atoms with Crippen LogP contribution in [0.1, 0.15) is 6.42 Å². The fourth-order valence-corrected chi connectivity index (χ4v) is 2.23. The molecule has 0 radical (unpaired) electrons. The molecule has 1 aliphatic heterocycles. The van der Waals surface area contributed by atoms with Crippen molar-refractivity contribution in [3.05, 3.63) is 12.7 Å². The maximum atomic E-state index is 10.7. The van der Waals surface area contributed by atoms with Gasteiger partial charge >= 0.3 is 0 Å². The van der Waals surface area contributed by atoms with E-state index < -0.39 is 0 Å². The summed E-state index contributed by atoms with van der Waals surface area (Å²) in [4.78, 5) is 10.7. The van der Waals surface area contributed by atoms with Gasteiger partial charge in [0.05, 0.1) is 12.4 Å². The molecule has 0 aromatic heterocycles. The van der Waals surface area contributed by atoms with Crippen molar-refractivity contribution in [2.45, 2.75) is 6.42 Å². The minimum absolute atomic E-state index is 0.0566. The second-order valence-corrected chi connectivity index (χ2v) is 4.14. The predicted octanol–water partition coefficient (Wildman–Crippen LogP) is 0.452. The van der Waals surface area contributed by atoms with Crippen LogP contribution in [0.5, 0.6) is 0 Å². The fraction of sp³-hybridized carbons (Fsp3) is 0.571. The summed E-state index contributed by atoms with van der Waals surface area (Å²) in [7, 11) is 0.0566. The lowest BCUT2D eigenvalue weighted by atomic mass is 10.5. The van der Waals surface area contributed by atoms with Gasteiger partial charge in [0.15, 0.2) is 0 Å². The molecule has 1 fully saturated rings. The molecule has 1 rings (SSSR count). The maximum Gasteiger partial charge on any atom is 0.221 e. The molecule has 0 saturated carbocycles. The molecular formula is C7H12N2OS. The van der Waals surface area contributed by atoms with Gasteiger partial charge in [-0.25, -0.2) is 0 Å². The molecule has 1 heterocycles. The number of nitrogens with one attached hydrogen (secondary N) is 1. The quantitative estimate of drug-likeness (QED) is 0.604. The van der Waals surface area contributed by atoms with Gasteiger partial charge in [-0.05, 0) is 0 Å². The largest absolute Gasteiger partial charge is 0.346 e. The first-order chi connectivity index (χ1) is 5.33. The van der Waals surface area contributed by atoms with Crippen LogP contribution in [0.4, 0.5) is 0 Å². The van der Waals surface area contributed by atoms with E-state index >= 15 is 0 Å². The first-order valence-electron chi connectivity index (χ1n) is 3.55. The third kappa shape index (κ3) is 2.84. The van der Waals surface area contributed by atoms with Crippen LogP contribution in [0.25, 0.3) is 0 Å². The molecule has 0 bridgehead atoms. The van der Waals surface area contributed by atoms with Crippen molar-refractivity contribution in [1.82, 2.24) is 5.32 Å². The summed E-state index contributed by atoms with van der Waals surface area (Å²) in [6, 6.07) is 0. The number of carbonyl (C=O) groups excluding carboxylic acids is 1. The number of hydrogen-bond donors (Lipinski definition) is 1. The summed E-state index contributed by atoms with van der Waals surface area (Å²) >= 11 is 0. The molecule has 0 aromatic carbocycles. The molecule has 4 heteroatoms. The summed E-state index contributed by atoms with van der Waals surface area (Å²) in [5.41, 5.74) is 0. The van der Waals surface area contributed by atoms with Crippen LogP contribution in [0.2, 0.25) is 0 Å². The zero-order valence-electron chi connectivity index (χ0n) is 6.38. The normalized spacial score (nSPS) is 24.7. The van der Waals surface area contributed by atoms with Gasteiger partial charge < -0.3 is 5.32 Å². The molecule has 0 spiro atoms. The Kier molecular flexibility index (Phi) is 3.29. The lowest BCUT2D eigenvalue weighted by Crippen LogP contribution is -2.34. The molecule has 1 amide bonds. The van der Waals surface area contributed by atoms with Crippen molar-refractivity contribution in [3.63, 3.8) is 0 Å². The molecule has 1 N–H and O–H groups in total. The Hall–Kier alpha value is -0.640. The summed E-state index contributed by atoms with van der Waals surface area (Å²) < 4.78 is 4.33. The van der Waals surface area contributed by atoms with Crippen LogP contribution in [0, 0.1) is 0 Å². The van der Waals surface area contributed by atoms with Gasteiger partial charge in [0.25, 0.3) is 0 Å². The molecule has 62 valence electrons. The van der Waals surface area contributed by atoms with E-state index in [0.717, 1.165) is 11.6 Å². The fourth-order valence-electron chi connectivity index (χ4n) is 0.803. The highest BCUT2D eigenvalue weighted by Crippen LogP contribution is 1.98. The van der Waals surface area contributed by atoms with Crippen molar-refractivity contribution in [2.24, 2.45) is 4.36 Å². The molecule has 1 aliphatic rings. The third-order valence-electron chi connectivity index (χ3n) is 1.39. The van der Waals surface area contributed by atoms with Gasteiger partial charge in [0, 0.05) is 12.2 Å². The Morgan fingerprint density at radius 2 is 2.64 bits per heavy atom. The highest BCUT2D eigenvalue weighted by atomic mass is 32.2. The molecule has 0 aromatic rings. The maximum absolute atomic E-state index is 10.7. The van der Waals surface area contributed by atoms with Crippen LogP contribution in [0.3, 0.4) is 0 Å². The zero-order chi connectivity index (χ0) is 8.10. The molecule has 1 atom stereocenters. The van der Waals surface area contributed by atoms with E-state index in [1.165, 1.54) is 0 Å². The number of amides is 1. The second kappa shape index (κ2) is 4.28. The minimum atomic E-state index is 0.0566.